The Morgan fingerprint density at radius 2 is 2.14 bits per heavy atom. The van der Waals surface area contributed by atoms with E-state index in [9.17, 15) is 0 Å². The summed E-state index contributed by atoms with van der Waals surface area (Å²) in [6.45, 7) is 7.60. The molecular weight excluding hydrogens is 88.1 g/mol. The lowest BCUT2D eigenvalue weighted by Gasteiger charge is -1.91. The van der Waals surface area contributed by atoms with Crippen molar-refractivity contribution >= 4 is 0 Å². The van der Waals surface area contributed by atoms with Crippen LogP contribution in [0.5, 0.6) is 0 Å². The molecule has 0 saturated heterocycles. The summed E-state index contributed by atoms with van der Waals surface area (Å²) >= 11 is 0. The van der Waals surface area contributed by atoms with Crippen LogP contribution in [-0.4, -0.2) is 6.61 Å². The summed E-state index contributed by atoms with van der Waals surface area (Å²) in [6, 6.07) is 0. The Hall–Kier alpha value is -0.720. The second kappa shape index (κ2) is 5.28. The van der Waals surface area contributed by atoms with Gasteiger partial charge in [0.05, 0.1) is 12.9 Å². The highest BCUT2D eigenvalue weighted by Gasteiger charge is 1.72. The first-order chi connectivity index (χ1) is 3.41. The van der Waals surface area contributed by atoms with E-state index >= 15 is 0 Å². The van der Waals surface area contributed by atoms with Gasteiger partial charge in [0, 0.05) is 0 Å². The number of ether oxygens (including phenoxy) is 1. The second-order valence-electron chi connectivity index (χ2n) is 1.11. The SMILES string of the molecule is C=CCCOC=C. The molecular formula is C6H10O. The fourth-order valence-electron chi connectivity index (χ4n) is 0.235. The third kappa shape index (κ3) is 5.28. The summed E-state index contributed by atoms with van der Waals surface area (Å²) < 4.78 is 4.77. The Morgan fingerprint density at radius 3 is 2.57 bits per heavy atom. The molecule has 0 fully saturated rings. The van der Waals surface area contributed by atoms with Crippen LogP contribution in [0.3, 0.4) is 0 Å². The largest absolute Gasteiger partial charge is 0.501 e. The topological polar surface area (TPSA) is 9.23 Å². The molecule has 0 heterocycles. The molecule has 0 rings (SSSR count). The molecule has 7 heavy (non-hydrogen) atoms. The van der Waals surface area contributed by atoms with Gasteiger partial charge in [-0.15, -0.1) is 6.58 Å². The maximum absolute atomic E-state index is 4.77. The molecule has 0 saturated carbocycles. The van der Waals surface area contributed by atoms with Gasteiger partial charge in [0.15, 0.2) is 0 Å². The molecule has 0 N–H and O–H groups in total. The van der Waals surface area contributed by atoms with Crippen molar-refractivity contribution in [3.8, 4) is 0 Å². The predicted octanol–water partition coefficient (Wildman–Crippen LogP) is 1.72. The standard InChI is InChI=1S/C6H10O/c1-3-5-6-7-4-2/h3-4H,1-2,5-6H2. The van der Waals surface area contributed by atoms with Crippen molar-refractivity contribution in [1.82, 2.24) is 0 Å². The normalized spacial score (nSPS) is 7.43. The van der Waals surface area contributed by atoms with Gasteiger partial charge in [0.2, 0.25) is 0 Å². The van der Waals surface area contributed by atoms with Crippen molar-refractivity contribution in [3.05, 3.63) is 25.5 Å². The fourth-order valence-corrected chi connectivity index (χ4v) is 0.235. The Kier molecular flexibility index (Phi) is 4.74. The third-order valence-electron chi connectivity index (χ3n) is 0.558. The van der Waals surface area contributed by atoms with Crippen molar-refractivity contribution in [2.24, 2.45) is 0 Å². The fraction of sp³-hybridized carbons (Fsp3) is 0.333. The quantitative estimate of drug-likeness (QED) is 0.295. The summed E-state index contributed by atoms with van der Waals surface area (Å²) in [5, 5.41) is 0. The average molecular weight is 98.1 g/mol. The molecule has 0 aromatic carbocycles. The van der Waals surface area contributed by atoms with E-state index in [-0.39, 0.29) is 0 Å². The highest BCUT2D eigenvalue weighted by Crippen LogP contribution is 1.80. The summed E-state index contributed by atoms with van der Waals surface area (Å²) in [5.74, 6) is 0. The summed E-state index contributed by atoms with van der Waals surface area (Å²) in [7, 11) is 0. The van der Waals surface area contributed by atoms with Crippen LogP contribution in [0.4, 0.5) is 0 Å². The van der Waals surface area contributed by atoms with Crippen molar-refractivity contribution in [2.75, 3.05) is 6.61 Å². The van der Waals surface area contributed by atoms with Gasteiger partial charge >= 0.3 is 0 Å². The molecule has 0 aliphatic heterocycles. The van der Waals surface area contributed by atoms with Crippen LogP contribution < -0.4 is 0 Å². The minimum atomic E-state index is 0.701. The zero-order valence-corrected chi connectivity index (χ0v) is 4.39. The molecule has 0 aliphatic carbocycles. The molecule has 0 radical (unpaired) electrons. The van der Waals surface area contributed by atoms with E-state index in [0.29, 0.717) is 6.61 Å². The van der Waals surface area contributed by atoms with E-state index in [0.717, 1.165) is 6.42 Å². The van der Waals surface area contributed by atoms with Gasteiger partial charge in [-0.3, -0.25) is 0 Å². The molecule has 0 aliphatic rings. The lowest BCUT2D eigenvalue weighted by atomic mass is 10.5. The van der Waals surface area contributed by atoms with Gasteiger partial charge in [-0.25, -0.2) is 0 Å². The zero-order chi connectivity index (χ0) is 5.54. The molecule has 0 bridgehead atoms. The Balaban J connectivity index is 2.68. The Labute approximate surface area is 44.3 Å². The number of rotatable bonds is 4. The zero-order valence-electron chi connectivity index (χ0n) is 4.39. The van der Waals surface area contributed by atoms with Gasteiger partial charge in [0.1, 0.15) is 0 Å². The number of hydrogen-bond donors (Lipinski definition) is 0. The maximum atomic E-state index is 4.77. The molecule has 0 aromatic rings. The third-order valence-corrected chi connectivity index (χ3v) is 0.558. The van der Waals surface area contributed by atoms with Gasteiger partial charge in [-0.1, -0.05) is 12.7 Å². The second-order valence-corrected chi connectivity index (χ2v) is 1.11. The van der Waals surface area contributed by atoms with E-state index in [1.54, 1.807) is 0 Å². The Morgan fingerprint density at radius 1 is 1.43 bits per heavy atom. The van der Waals surface area contributed by atoms with Gasteiger partial charge < -0.3 is 4.74 Å². The van der Waals surface area contributed by atoms with Crippen molar-refractivity contribution in [3.63, 3.8) is 0 Å². The highest BCUT2D eigenvalue weighted by atomic mass is 16.5. The van der Waals surface area contributed by atoms with Gasteiger partial charge in [-0.2, -0.15) is 0 Å². The molecule has 1 heteroatoms. The minimum absolute atomic E-state index is 0.701. The monoisotopic (exact) mass is 98.1 g/mol. The smallest absolute Gasteiger partial charge is 0.0907 e. The predicted molar refractivity (Wildman–Crippen MR) is 31.0 cm³/mol. The molecule has 40 valence electrons. The van der Waals surface area contributed by atoms with Crippen LogP contribution in [0.25, 0.3) is 0 Å². The molecule has 0 aromatic heterocycles. The number of hydrogen-bond acceptors (Lipinski definition) is 1. The molecule has 0 spiro atoms. The minimum Gasteiger partial charge on any atom is -0.501 e. The van der Waals surface area contributed by atoms with Crippen LogP contribution in [-0.2, 0) is 4.74 Å². The van der Waals surface area contributed by atoms with Gasteiger partial charge in [-0.05, 0) is 6.42 Å². The van der Waals surface area contributed by atoms with Crippen LogP contribution in [0.2, 0.25) is 0 Å². The first-order valence-electron chi connectivity index (χ1n) is 2.25. The molecule has 0 amide bonds. The van der Waals surface area contributed by atoms with Crippen LogP contribution in [0.15, 0.2) is 25.5 Å². The summed E-state index contributed by atoms with van der Waals surface area (Å²) in [4.78, 5) is 0. The summed E-state index contributed by atoms with van der Waals surface area (Å²) in [5.41, 5.74) is 0. The molecule has 0 atom stereocenters. The van der Waals surface area contributed by atoms with Crippen molar-refractivity contribution in [1.29, 1.82) is 0 Å². The van der Waals surface area contributed by atoms with Crippen molar-refractivity contribution < 1.29 is 4.74 Å². The average Bonchev–Trinajstić information content (AvgIpc) is 1.69. The highest BCUT2D eigenvalue weighted by molar-refractivity contribution is 4.65. The van der Waals surface area contributed by atoms with Gasteiger partial charge in [0.25, 0.3) is 0 Å². The lowest BCUT2D eigenvalue weighted by molar-refractivity contribution is 0.257. The lowest BCUT2D eigenvalue weighted by Crippen LogP contribution is -1.80. The molecule has 0 unspecified atom stereocenters. The summed E-state index contributed by atoms with van der Waals surface area (Å²) in [6.07, 6.45) is 4.14. The Bertz CT molecular complexity index is 49.2. The van der Waals surface area contributed by atoms with Crippen LogP contribution in [0.1, 0.15) is 6.42 Å². The van der Waals surface area contributed by atoms with Crippen LogP contribution in [0, 0.1) is 0 Å². The van der Waals surface area contributed by atoms with Crippen molar-refractivity contribution in [2.45, 2.75) is 6.42 Å². The first-order valence-corrected chi connectivity index (χ1v) is 2.25. The first kappa shape index (κ1) is 6.28. The van der Waals surface area contributed by atoms with E-state index in [2.05, 4.69) is 13.2 Å². The molecule has 1 nitrogen and oxygen atoms in total. The van der Waals surface area contributed by atoms with E-state index in [4.69, 9.17) is 4.74 Å². The van der Waals surface area contributed by atoms with E-state index < -0.39 is 0 Å². The van der Waals surface area contributed by atoms with E-state index in [1.165, 1.54) is 6.26 Å². The van der Waals surface area contributed by atoms with E-state index in [1.807, 2.05) is 6.08 Å². The maximum Gasteiger partial charge on any atom is 0.0907 e. The van der Waals surface area contributed by atoms with Crippen LogP contribution >= 0.6 is 0 Å².